The van der Waals surface area contributed by atoms with Gasteiger partial charge in [0.05, 0.1) is 18.0 Å². The fourth-order valence-corrected chi connectivity index (χ4v) is 2.12. The van der Waals surface area contributed by atoms with Crippen LogP contribution in [0.4, 0.5) is 11.8 Å². The molecule has 0 amide bonds. The van der Waals surface area contributed by atoms with E-state index in [1.54, 1.807) is 0 Å². The lowest BCUT2D eigenvalue weighted by molar-refractivity contribution is 0.696. The van der Waals surface area contributed by atoms with Gasteiger partial charge in [-0.25, -0.2) is 4.98 Å². The first-order valence-corrected chi connectivity index (χ1v) is 7.27. The molecule has 110 valence electrons. The Hall–Kier alpha value is -2.35. The van der Waals surface area contributed by atoms with E-state index in [1.165, 1.54) is 0 Å². The number of nitriles is 1. The summed E-state index contributed by atoms with van der Waals surface area (Å²) in [5, 5.41) is 13.1. The molecule has 1 aromatic carbocycles. The van der Waals surface area contributed by atoms with Crippen LogP contribution < -0.4 is 10.2 Å². The van der Waals surface area contributed by atoms with Gasteiger partial charge in [0.1, 0.15) is 5.82 Å². The highest BCUT2D eigenvalue weighted by Gasteiger charge is 2.15. The van der Waals surface area contributed by atoms with Crippen LogP contribution in [-0.4, -0.2) is 29.6 Å². The molecule has 1 atom stereocenters. The van der Waals surface area contributed by atoms with Gasteiger partial charge in [0, 0.05) is 25.0 Å². The molecule has 0 bridgehead atoms. The molecular weight excluding hydrogens is 262 g/mol. The fraction of sp³-hybridized carbons (Fsp3) is 0.438. The molecule has 0 aliphatic heterocycles. The SMILES string of the molecule is CCCNc1nc(N(C)C(C)CC#N)c2ccccc2n1. The summed E-state index contributed by atoms with van der Waals surface area (Å²) >= 11 is 0. The lowest BCUT2D eigenvalue weighted by Gasteiger charge is -2.25. The average molecular weight is 283 g/mol. The van der Waals surface area contributed by atoms with E-state index in [4.69, 9.17) is 5.26 Å². The van der Waals surface area contributed by atoms with Crippen molar-refractivity contribution in [3.8, 4) is 6.07 Å². The van der Waals surface area contributed by atoms with Gasteiger partial charge >= 0.3 is 0 Å². The van der Waals surface area contributed by atoms with Gasteiger partial charge in [0.25, 0.3) is 0 Å². The number of para-hydroxylation sites is 1. The second kappa shape index (κ2) is 6.89. The second-order valence-electron chi connectivity index (χ2n) is 5.14. The molecule has 0 aliphatic rings. The summed E-state index contributed by atoms with van der Waals surface area (Å²) in [5.74, 6) is 1.50. The number of fused-ring (bicyclic) bond motifs is 1. The predicted molar refractivity (Wildman–Crippen MR) is 86.4 cm³/mol. The van der Waals surface area contributed by atoms with Crippen LogP contribution >= 0.6 is 0 Å². The number of aromatic nitrogens is 2. The molecule has 0 fully saturated rings. The van der Waals surface area contributed by atoms with E-state index in [1.807, 2.05) is 43.1 Å². The molecule has 2 rings (SSSR count). The van der Waals surface area contributed by atoms with Gasteiger partial charge in [-0.2, -0.15) is 10.2 Å². The molecule has 0 saturated carbocycles. The van der Waals surface area contributed by atoms with E-state index in [9.17, 15) is 0 Å². The lowest BCUT2D eigenvalue weighted by atomic mass is 10.2. The van der Waals surface area contributed by atoms with Crippen LogP contribution in [0.25, 0.3) is 10.9 Å². The van der Waals surface area contributed by atoms with Gasteiger partial charge in [-0.05, 0) is 25.5 Å². The first kappa shape index (κ1) is 15.0. The van der Waals surface area contributed by atoms with Gasteiger partial charge in [0.2, 0.25) is 5.95 Å². The first-order valence-electron chi connectivity index (χ1n) is 7.27. The predicted octanol–water partition coefficient (Wildman–Crippen LogP) is 3.19. The first-order chi connectivity index (χ1) is 10.2. The summed E-state index contributed by atoms with van der Waals surface area (Å²) in [5.41, 5.74) is 0.914. The maximum Gasteiger partial charge on any atom is 0.225 e. The minimum absolute atomic E-state index is 0.104. The molecule has 21 heavy (non-hydrogen) atoms. The van der Waals surface area contributed by atoms with Crippen molar-refractivity contribution >= 4 is 22.7 Å². The third-order valence-electron chi connectivity index (χ3n) is 3.50. The number of anilines is 2. The highest BCUT2D eigenvalue weighted by Crippen LogP contribution is 2.26. The maximum atomic E-state index is 8.89. The molecule has 5 heteroatoms. The van der Waals surface area contributed by atoms with E-state index in [2.05, 4.69) is 28.3 Å². The lowest BCUT2D eigenvalue weighted by Crippen LogP contribution is -2.29. The number of nitrogens with one attached hydrogen (secondary N) is 1. The van der Waals surface area contributed by atoms with Crippen molar-refractivity contribution in [1.82, 2.24) is 9.97 Å². The van der Waals surface area contributed by atoms with Gasteiger partial charge in [-0.3, -0.25) is 0 Å². The Labute approximate surface area is 125 Å². The fourth-order valence-electron chi connectivity index (χ4n) is 2.12. The Morgan fingerprint density at radius 3 is 2.81 bits per heavy atom. The Bertz CT molecular complexity index is 647. The summed E-state index contributed by atoms with van der Waals surface area (Å²) < 4.78 is 0. The summed E-state index contributed by atoms with van der Waals surface area (Å²) in [6.45, 7) is 4.98. The monoisotopic (exact) mass is 283 g/mol. The van der Waals surface area contributed by atoms with Crippen LogP contribution in [0, 0.1) is 11.3 Å². The number of rotatable bonds is 6. The van der Waals surface area contributed by atoms with Crippen LogP contribution in [0.15, 0.2) is 24.3 Å². The van der Waals surface area contributed by atoms with Crippen LogP contribution in [0.5, 0.6) is 0 Å². The number of nitrogens with zero attached hydrogens (tertiary/aromatic N) is 4. The topological polar surface area (TPSA) is 64.8 Å². The van der Waals surface area contributed by atoms with Gasteiger partial charge in [-0.1, -0.05) is 19.1 Å². The Balaban J connectivity index is 2.46. The average Bonchev–Trinajstić information content (AvgIpc) is 2.51. The Morgan fingerprint density at radius 2 is 2.10 bits per heavy atom. The van der Waals surface area contributed by atoms with Crippen LogP contribution in [-0.2, 0) is 0 Å². The molecule has 0 aliphatic carbocycles. The van der Waals surface area contributed by atoms with E-state index in [0.717, 1.165) is 29.7 Å². The molecule has 1 unspecified atom stereocenters. The van der Waals surface area contributed by atoms with Crippen molar-refractivity contribution in [2.24, 2.45) is 0 Å². The van der Waals surface area contributed by atoms with Gasteiger partial charge in [-0.15, -0.1) is 0 Å². The van der Waals surface area contributed by atoms with Crippen molar-refractivity contribution in [3.05, 3.63) is 24.3 Å². The third kappa shape index (κ3) is 3.40. The van der Waals surface area contributed by atoms with Crippen molar-refractivity contribution in [3.63, 3.8) is 0 Å². The third-order valence-corrected chi connectivity index (χ3v) is 3.50. The Kier molecular flexibility index (Phi) is 4.94. The summed E-state index contributed by atoms with van der Waals surface area (Å²) in [7, 11) is 1.97. The highest BCUT2D eigenvalue weighted by atomic mass is 15.2. The zero-order valence-electron chi connectivity index (χ0n) is 12.8. The van der Waals surface area contributed by atoms with Crippen molar-refractivity contribution in [2.45, 2.75) is 32.7 Å². The van der Waals surface area contributed by atoms with E-state index in [0.29, 0.717) is 12.4 Å². The van der Waals surface area contributed by atoms with E-state index >= 15 is 0 Å². The molecule has 0 saturated heterocycles. The van der Waals surface area contributed by atoms with E-state index < -0.39 is 0 Å². The zero-order chi connectivity index (χ0) is 15.2. The largest absolute Gasteiger partial charge is 0.355 e. The molecule has 0 radical (unpaired) electrons. The van der Waals surface area contributed by atoms with Crippen LogP contribution in [0.3, 0.4) is 0 Å². The van der Waals surface area contributed by atoms with E-state index in [-0.39, 0.29) is 6.04 Å². The standard InChI is InChI=1S/C16H21N5/c1-4-11-18-16-19-14-8-6-5-7-13(14)15(20-16)21(3)12(2)9-10-17/h5-8,12H,4,9,11H2,1-3H3,(H,18,19,20). The minimum atomic E-state index is 0.104. The molecular formula is C16H21N5. The van der Waals surface area contributed by atoms with Crippen molar-refractivity contribution < 1.29 is 0 Å². The molecule has 1 aromatic heterocycles. The van der Waals surface area contributed by atoms with Crippen LogP contribution in [0.1, 0.15) is 26.7 Å². The second-order valence-corrected chi connectivity index (χ2v) is 5.14. The number of benzene rings is 1. The highest BCUT2D eigenvalue weighted by molar-refractivity contribution is 5.90. The van der Waals surface area contributed by atoms with Crippen molar-refractivity contribution in [2.75, 3.05) is 23.8 Å². The number of hydrogen-bond acceptors (Lipinski definition) is 5. The molecule has 5 nitrogen and oxygen atoms in total. The van der Waals surface area contributed by atoms with Crippen molar-refractivity contribution in [1.29, 1.82) is 5.26 Å². The minimum Gasteiger partial charge on any atom is -0.355 e. The smallest absolute Gasteiger partial charge is 0.225 e. The normalized spacial score (nSPS) is 11.9. The van der Waals surface area contributed by atoms with Gasteiger partial charge in [0.15, 0.2) is 0 Å². The number of hydrogen-bond donors (Lipinski definition) is 1. The quantitative estimate of drug-likeness (QED) is 0.882. The molecule has 2 aromatic rings. The zero-order valence-corrected chi connectivity index (χ0v) is 12.8. The van der Waals surface area contributed by atoms with Crippen LogP contribution in [0.2, 0.25) is 0 Å². The molecule has 1 N–H and O–H groups in total. The molecule has 1 heterocycles. The summed E-state index contributed by atoms with van der Waals surface area (Å²) in [6, 6.07) is 10.3. The summed E-state index contributed by atoms with van der Waals surface area (Å²) in [6.07, 6.45) is 1.48. The maximum absolute atomic E-state index is 8.89. The summed E-state index contributed by atoms with van der Waals surface area (Å²) in [4.78, 5) is 11.2. The Morgan fingerprint density at radius 1 is 1.33 bits per heavy atom. The molecule has 0 spiro atoms. The van der Waals surface area contributed by atoms with Gasteiger partial charge < -0.3 is 10.2 Å².